The van der Waals surface area contributed by atoms with Crippen LogP contribution >= 0.6 is 7.75 Å². The van der Waals surface area contributed by atoms with E-state index in [2.05, 4.69) is 26.0 Å². The summed E-state index contributed by atoms with van der Waals surface area (Å²) < 4.78 is 39.7. The number of carbonyl (C=O) groups is 1. The maximum absolute atomic E-state index is 14.3. The van der Waals surface area contributed by atoms with Gasteiger partial charge in [-0.1, -0.05) is 30.5 Å². The van der Waals surface area contributed by atoms with Crippen molar-refractivity contribution in [3.63, 3.8) is 0 Å². The quantitative estimate of drug-likeness (QED) is 0.177. The van der Waals surface area contributed by atoms with E-state index in [4.69, 9.17) is 30.7 Å². The number of anilines is 1. The van der Waals surface area contributed by atoms with Gasteiger partial charge in [0.1, 0.15) is 41.6 Å². The zero-order chi connectivity index (χ0) is 29.9. The molecule has 1 saturated heterocycles. The molecule has 2 aromatic heterocycles. The number of aliphatic hydroxyl groups excluding tert-OH is 1. The first kappa shape index (κ1) is 29.9. The Morgan fingerprint density at radius 3 is 2.74 bits per heavy atom. The normalized spacial score (nSPS) is 25.0. The van der Waals surface area contributed by atoms with E-state index >= 15 is 0 Å². The van der Waals surface area contributed by atoms with Crippen molar-refractivity contribution >= 4 is 30.7 Å². The number of ether oxygens (including phenoxy) is 2. The minimum atomic E-state index is -4.34. The van der Waals surface area contributed by atoms with Crippen LogP contribution in [0.4, 0.5) is 5.82 Å². The third-order valence-corrected chi connectivity index (χ3v) is 9.09. The number of benzene rings is 1. The fourth-order valence-electron chi connectivity index (χ4n) is 5.22. The molecule has 1 unspecified atom stereocenters. The Morgan fingerprint density at radius 1 is 1.31 bits per heavy atom. The first-order valence-corrected chi connectivity index (χ1v) is 15.4. The van der Waals surface area contributed by atoms with Crippen molar-refractivity contribution in [3.8, 4) is 18.1 Å². The third-order valence-electron chi connectivity index (χ3n) is 7.41. The number of carbonyl (C=O) groups excluding carboxylic acids is 1. The molecular formula is C28H35N6O7P. The largest absolute Gasteiger partial charge is 0.461 e. The van der Waals surface area contributed by atoms with Gasteiger partial charge in [0.2, 0.25) is 0 Å². The summed E-state index contributed by atoms with van der Waals surface area (Å²) in [5.41, 5.74) is 5.08. The van der Waals surface area contributed by atoms with Gasteiger partial charge >= 0.3 is 13.7 Å². The number of hydrogen-bond donors (Lipinski definition) is 3. The number of para-hydroxylation sites is 1. The molecule has 2 fully saturated rings. The molecule has 4 N–H and O–H groups in total. The van der Waals surface area contributed by atoms with Crippen LogP contribution in [-0.2, 0) is 23.4 Å². The smallest absolute Gasteiger partial charge is 0.459 e. The number of nitrogen functional groups attached to an aromatic ring is 1. The number of esters is 1. The van der Waals surface area contributed by atoms with Crippen molar-refractivity contribution in [2.75, 3.05) is 12.3 Å². The summed E-state index contributed by atoms with van der Waals surface area (Å²) in [5.74, 6) is 2.75. The summed E-state index contributed by atoms with van der Waals surface area (Å²) in [4.78, 5) is 25.8. The summed E-state index contributed by atoms with van der Waals surface area (Å²) in [5, 5.41) is 13.1. The number of aryl methyl sites for hydroxylation is 1. The molecule has 1 aliphatic heterocycles. The van der Waals surface area contributed by atoms with Gasteiger partial charge in [0, 0.05) is 6.42 Å². The fourth-order valence-corrected chi connectivity index (χ4v) is 6.94. The van der Waals surface area contributed by atoms with Gasteiger partial charge in [0.25, 0.3) is 0 Å². The number of nitrogens with zero attached hydrogens (tertiary/aromatic N) is 4. The van der Waals surface area contributed by atoms with E-state index in [0.29, 0.717) is 17.0 Å². The SMILES string of the molecule is C#C[C@]1(CO)O[C@@H](n2cnc3c(N)nc(C)nc32)C[C@@H]1OP(=O)(N[C@@H](C)C(=O)OC1CCCCC1)Oc1ccccc1. The summed E-state index contributed by atoms with van der Waals surface area (Å²) in [6, 6.07) is 7.33. The van der Waals surface area contributed by atoms with Crippen molar-refractivity contribution in [2.24, 2.45) is 0 Å². The predicted octanol–water partition coefficient (Wildman–Crippen LogP) is 3.43. The van der Waals surface area contributed by atoms with Crippen LogP contribution in [0.2, 0.25) is 0 Å². The van der Waals surface area contributed by atoms with E-state index in [1.165, 1.54) is 13.3 Å². The fraction of sp³-hybridized carbons (Fsp3) is 0.500. The molecule has 1 aliphatic carbocycles. The highest BCUT2D eigenvalue weighted by molar-refractivity contribution is 7.52. The first-order valence-electron chi connectivity index (χ1n) is 13.9. The molecule has 5 atom stereocenters. The molecule has 1 saturated carbocycles. The van der Waals surface area contributed by atoms with E-state index in [9.17, 15) is 14.5 Å². The molecule has 5 rings (SSSR count). The van der Waals surface area contributed by atoms with Gasteiger partial charge in [-0.05, 0) is 51.7 Å². The highest BCUT2D eigenvalue weighted by Gasteiger charge is 2.53. The van der Waals surface area contributed by atoms with Crippen LogP contribution in [0.1, 0.15) is 57.5 Å². The molecule has 14 heteroatoms. The lowest BCUT2D eigenvalue weighted by Crippen LogP contribution is -2.45. The second-order valence-electron chi connectivity index (χ2n) is 10.5. The molecule has 0 bridgehead atoms. The van der Waals surface area contributed by atoms with Crippen LogP contribution in [0.15, 0.2) is 36.7 Å². The monoisotopic (exact) mass is 598 g/mol. The second kappa shape index (κ2) is 12.4. The lowest BCUT2D eigenvalue weighted by Gasteiger charge is -2.31. The molecule has 0 amide bonds. The Balaban J connectivity index is 1.41. The predicted molar refractivity (Wildman–Crippen MR) is 153 cm³/mol. The van der Waals surface area contributed by atoms with Gasteiger partial charge < -0.3 is 24.8 Å². The summed E-state index contributed by atoms with van der Waals surface area (Å²) in [6.07, 6.45) is 9.87. The van der Waals surface area contributed by atoms with Crippen LogP contribution in [0, 0.1) is 19.3 Å². The molecule has 3 aromatic rings. The van der Waals surface area contributed by atoms with E-state index in [-0.39, 0.29) is 24.1 Å². The van der Waals surface area contributed by atoms with Crippen LogP contribution in [0.25, 0.3) is 11.2 Å². The third kappa shape index (κ3) is 6.28. The highest BCUT2D eigenvalue weighted by Crippen LogP contribution is 2.52. The van der Waals surface area contributed by atoms with E-state index in [1.807, 2.05) is 0 Å². The van der Waals surface area contributed by atoms with Crippen molar-refractivity contribution in [1.82, 2.24) is 24.6 Å². The molecule has 3 heterocycles. The maximum Gasteiger partial charge on any atom is 0.459 e. The lowest BCUT2D eigenvalue weighted by molar-refractivity contribution is -0.152. The van der Waals surface area contributed by atoms with Gasteiger partial charge in [0.05, 0.1) is 12.9 Å². The van der Waals surface area contributed by atoms with Gasteiger partial charge in [-0.25, -0.2) is 19.5 Å². The maximum atomic E-state index is 14.3. The Hall–Kier alpha value is -3.53. The van der Waals surface area contributed by atoms with Crippen LogP contribution in [0.5, 0.6) is 5.75 Å². The van der Waals surface area contributed by atoms with E-state index < -0.39 is 44.3 Å². The molecule has 42 heavy (non-hydrogen) atoms. The number of rotatable bonds is 10. The Morgan fingerprint density at radius 2 is 2.05 bits per heavy atom. The zero-order valence-corrected chi connectivity index (χ0v) is 24.4. The topological polar surface area (TPSA) is 173 Å². The number of imidazole rings is 1. The van der Waals surface area contributed by atoms with Gasteiger partial charge in [-0.2, -0.15) is 5.09 Å². The highest BCUT2D eigenvalue weighted by atomic mass is 31.2. The molecule has 0 spiro atoms. The van der Waals surface area contributed by atoms with Crippen molar-refractivity contribution in [1.29, 1.82) is 0 Å². The number of fused-ring (bicyclic) bond motifs is 1. The van der Waals surface area contributed by atoms with Gasteiger partial charge in [-0.15, -0.1) is 6.42 Å². The van der Waals surface area contributed by atoms with Gasteiger partial charge in [0.15, 0.2) is 17.1 Å². The molecule has 0 radical (unpaired) electrons. The van der Waals surface area contributed by atoms with Crippen LogP contribution < -0.4 is 15.3 Å². The Labute approximate surface area is 243 Å². The number of terminal acetylenes is 1. The van der Waals surface area contributed by atoms with Crippen molar-refractivity contribution < 1.29 is 33.0 Å². The average molecular weight is 599 g/mol. The molecule has 224 valence electrons. The number of aliphatic hydroxyl groups is 1. The van der Waals surface area contributed by atoms with E-state index in [1.54, 1.807) is 41.8 Å². The number of hydrogen-bond acceptors (Lipinski definition) is 11. The zero-order valence-electron chi connectivity index (χ0n) is 23.5. The number of nitrogens with one attached hydrogen (secondary N) is 1. The second-order valence-corrected chi connectivity index (χ2v) is 12.2. The summed E-state index contributed by atoms with van der Waals surface area (Å²) in [7, 11) is -4.34. The standard InChI is InChI=1S/C28H35N6O7P/c1-4-28(16-35)22(15-23(39-28)34-17-30-24-25(29)31-19(3)32-26(24)34)41-42(37,40-21-13-9-6-10-14-21)33-18(2)27(36)38-20-11-7-5-8-12-20/h1,6,9-10,13-14,17-18,20,22-23,35H,5,7-8,11-12,15-16H2,2-3H3,(H,33,37)(H2,29,31,32)/t18-,22-,23+,28+,42?/m0/s1. The number of nitrogens with two attached hydrogens (primary N) is 1. The molecule has 1 aromatic carbocycles. The van der Waals surface area contributed by atoms with Gasteiger partial charge in [-0.3, -0.25) is 13.9 Å². The van der Waals surface area contributed by atoms with Crippen LogP contribution in [0.3, 0.4) is 0 Å². The molecule has 13 nitrogen and oxygen atoms in total. The molecule has 2 aliphatic rings. The van der Waals surface area contributed by atoms with E-state index in [0.717, 1.165) is 32.1 Å². The van der Waals surface area contributed by atoms with Crippen molar-refractivity contribution in [2.45, 2.75) is 82.5 Å². The van der Waals surface area contributed by atoms with Crippen molar-refractivity contribution in [3.05, 3.63) is 42.5 Å². The Kier molecular flexibility index (Phi) is 8.82. The number of aromatic nitrogens is 4. The average Bonchev–Trinajstić information content (AvgIpc) is 3.55. The molecular weight excluding hydrogens is 563 g/mol. The summed E-state index contributed by atoms with van der Waals surface area (Å²) >= 11 is 0. The lowest BCUT2D eigenvalue weighted by atomic mass is 9.98. The first-order chi connectivity index (χ1) is 20.1. The minimum absolute atomic E-state index is 0.0316. The van der Waals surface area contributed by atoms with Crippen LogP contribution in [-0.4, -0.2) is 61.1 Å². The Bertz CT molecular complexity index is 1510. The summed E-state index contributed by atoms with van der Waals surface area (Å²) in [6.45, 7) is 2.56. The minimum Gasteiger partial charge on any atom is -0.461 e.